The number of fused-ring (bicyclic) bond motifs is 1. The highest BCUT2D eigenvalue weighted by Gasteiger charge is 2.41. The second-order valence-electron chi connectivity index (χ2n) is 4.61. The number of halogens is 2. The van der Waals surface area contributed by atoms with Gasteiger partial charge in [0, 0.05) is 17.0 Å². The Labute approximate surface area is 99.3 Å². The van der Waals surface area contributed by atoms with Crippen molar-refractivity contribution in [3.8, 4) is 0 Å². The summed E-state index contributed by atoms with van der Waals surface area (Å²) in [4.78, 5) is 0. The maximum absolute atomic E-state index is 13.6. The summed E-state index contributed by atoms with van der Waals surface area (Å²) in [5.41, 5.74) is 0.563. The van der Waals surface area contributed by atoms with Gasteiger partial charge in [-0.15, -0.1) is 0 Å². The lowest BCUT2D eigenvalue weighted by Gasteiger charge is -2.41. The Balaban J connectivity index is 1.73. The van der Waals surface area contributed by atoms with Gasteiger partial charge in [-0.1, -0.05) is 23.8 Å². The number of rotatable bonds is 2. The molecule has 84 valence electrons. The van der Waals surface area contributed by atoms with Crippen molar-refractivity contribution in [2.75, 3.05) is 5.32 Å². The maximum Gasteiger partial charge on any atom is 0.147 e. The van der Waals surface area contributed by atoms with Crippen LogP contribution < -0.4 is 5.32 Å². The summed E-state index contributed by atoms with van der Waals surface area (Å²) in [6.45, 7) is 0. The molecule has 0 aliphatic heterocycles. The minimum Gasteiger partial charge on any atom is -0.379 e. The van der Waals surface area contributed by atoms with Crippen LogP contribution in [-0.2, 0) is 0 Å². The average molecular weight is 238 g/mol. The summed E-state index contributed by atoms with van der Waals surface area (Å²) in [6, 6.07) is 5.17. The third-order valence-electron chi connectivity index (χ3n) is 3.63. The summed E-state index contributed by atoms with van der Waals surface area (Å²) in [6.07, 6.45) is 6.81. The van der Waals surface area contributed by atoms with Crippen molar-refractivity contribution >= 4 is 17.3 Å². The van der Waals surface area contributed by atoms with E-state index >= 15 is 0 Å². The van der Waals surface area contributed by atoms with Gasteiger partial charge >= 0.3 is 0 Å². The first-order chi connectivity index (χ1) is 7.74. The molecule has 16 heavy (non-hydrogen) atoms. The molecular formula is C13H13ClFN. The first-order valence-corrected chi connectivity index (χ1v) is 6.00. The van der Waals surface area contributed by atoms with Crippen molar-refractivity contribution in [3.63, 3.8) is 0 Å². The van der Waals surface area contributed by atoms with E-state index in [1.807, 2.05) is 0 Å². The Morgan fingerprint density at radius 3 is 3.00 bits per heavy atom. The predicted octanol–water partition coefficient (Wildman–Crippen LogP) is 3.86. The van der Waals surface area contributed by atoms with E-state index in [0.717, 1.165) is 12.3 Å². The quantitative estimate of drug-likeness (QED) is 0.771. The summed E-state index contributed by atoms with van der Waals surface area (Å²) in [5.74, 6) is 1.11. The molecule has 1 fully saturated rings. The molecule has 3 heteroatoms. The first-order valence-electron chi connectivity index (χ1n) is 5.62. The lowest BCUT2D eigenvalue weighted by atomic mass is 9.71. The Hall–Kier alpha value is -1.02. The second kappa shape index (κ2) is 3.77. The van der Waals surface area contributed by atoms with E-state index in [9.17, 15) is 4.39 Å². The van der Waals surface area contributed by atoms with Gasteiger partial charge in [-0.05, 0) is 37.0 Å². The van der Waals surface area contributed by atoms with Crippen LogP contribution in [0.25, 0.3) is 0 Å². The van der Waals surface area contributed by atoms with Crippen molar-refractivity contribution in [2.45, 2.75) is 18.9 Å². The van der Waals surface area contributed by atoms with Gasteiger partial charge in [0.25, 0.3) is 0 Å². The van der Waals surface area contributed by atoms with E-state index in [-0.39, 0.29) is 5.82 Å². The fraction of sp³-hybridized carbons (Fsp3) is 0.385. The van der Waals surface area contributed by atoms with Crippen LogP contribution in [0.15, 0.2) is 30.4 Å². The first kappa shape index (κ1) is 10.2. The SMILES string of the molecule is Fc1cc(Cl)ccc1NC1CC2CC=CC21. The van der Waals surface area contributed by atoms with Crippen molar-refractivity contribution < 1.29 is 4.39 Å². The minimum atomic E-state index is -0.266. The van der Waals surface area contributed by atoms with Crippen LogP contribution in [0.4, 0.5) is 10.1 Å². The van der Waals surface area contributed by atoms with Crippen molar-refractivity contribution in [1.82, 2.24) is 0 Å². The predicted molar refractivity (Wildman–Crippen MR) is 64.2 cm³/mol. The van der Waals surface area contributed by atoms with E-state index in [0.29, 0.717) is 22.7 Å². The Morgan fingerprint density at radius 1 is 1.38 bits per heavy atom. The molecule has 0 amide bonds. The summed E-state index contributed by atoms with van der Waals surface area (Å²) >= 11 is 5.71. The van der Waals surface area contributed by atoms with Gasteiger partial charge in [-0.25, -0.2) is 4.39 Å². The Morgan fingerprint density at radius 2 is 2.25 bits per heavy atom. The molecule has 1 aromatic carbocycles. The van der Waals surface area contributed by atoms with Crippen LogP contribution in [0.3, 0.4) is 0 Å². The van der Waals surface area contributed by atoms with Crippen LogP contribution in [0.1, 0.15) is 12.8 Å². The molecule has 0 spiro atoms. The lowest BCUT2D eigenvalue weighted by molar-refractivity contribution is 0.217. The van der Waals surface area contributed by atoms with Gasteiger partial charge in [-0.3, -0.25) is 0 Å². The van der Waals surface area contributed by atoms with E-state index in [1.165, 1.54) is 12.5 Å². The van der Waals surface area contributed by atoms with Gasteiger partial charge in [0.1, 0.15) is 5.82 Å². The molecule has 3 rings (SSSR count). The maximum atomic E-state index is 13.6. The molecule has 3 atom stereocenters. The lowest BCUT2D eigenvalue weighted by Crippen LogP contribution is -2.43. The van der Waals surface area contributed by atoms with Gasteiger partial charge in [-0.2, -0.15) is 0 Å². The number of allylic oxidation sites excluding steroid dienone is 1. The normalized spacial score (nSPS) is 31.0. The molecular weight excluding hydrogens is 225 g/mol. The summed E-state index contributed by atoms with van der Waals surface area (Å²) < 4.78 is 13.6. The third-order valence-corrected chi connectivity index (χ3v) is 3.87. The molecule has 2 aliphatic rings. The van der Waals surface area contributed by atoms with Crippen LogP contribution in [0.5, 0.6) is 0 Å². The highest BCUT2D eigenvalue weighted by molar-refractivity contribution is 6.30. The summed E-state index contributed by atoms with van der Waals surface area (Å²) in [5, 5.41) is 3.70. The van der Waals surface area contributed by atoms with Crippen molar-refractivity contribution in [1.29, 1.82) is 0 Å². The zero-order valence-corrected chi connectivity index (χ0v) is 9.54. The zero-order chi connectivity index (χ0) is 11.1. The standard InChI is InChI=1S/C13H13ClFN/c14-9-4-5-12(11(15)7-9)16-13-6-8-2-1-3-10(8)13/h1,3-5,7-8,10,13,16H,2,6H2. The van der Waals surface area contributed by atoms with Crippen LogP contribution in [0.2, 0.25) is 5.02 Å². The van der Waals surface area contributed by atoms with Crippen LogP contribution in [-0.4, -0.2) is 6.04 Å². The van der Waals surface area contributed by atoms with Gasteiger partial charge in [0.15, 0.2) is 0 Å². The topological polar surface area (TPSA) is 12.0 Å². The molecule has 2 aliphatic carbocycles. The molecule has 0 radical (unpaired) electrons. The second-order valence-corrected chi connectivity index (χ2v) is 5.05. The van der Waals surface area contributed by atoms with Gasteiger partial charge < -0.3 is 5.32 Å². The average Bonchev–Trinajstić information content (AvgIpc) is 2.59. The molecule has 0 heterocycles. The van der Waals surface area contributed by atoms with Gasteiger partial charge in [0.2, 0.25) is 0 Å². The van der Waals surface area contributed by atoms with Crippen LogP contribution >= 0.6 is 11.6 Å². The van der Waals surface area contributed by atoms with Crippen LogP contribution in [0, 0.1) is 17.7 Å². The van der Waals surface area contributed by atoms with Crippen molar-refractivity contribution in [2.24, 2.45) is 11.8 Å². The summed E-state index contributed by atoms with van der Waals surface area (Å²) in [7, 11) is 0. The smallest absolute Gasteiger partial charge is 0.147 e. The number of hydrogen-bond donors (Lipinski definition) is 1. The molecule has 0 aromatic heterocycles. The van der Waals surface area contributed by atoms with E-state index in [1.54, 1.807) is 12.1 Å². The largest absolute Gasteiger partial charge is 0.379 e. The van der Waals surface area contributed by atoms with E-state index < -0.39 is 0 Å². The molecule has 1 saturated carbocycles. The number of benzene rings is 1. The highest BCUT2D eigenvalue weighted by Crippen LogP contribution is 2.44. The van der Waals surface area contributed by atoms with Gasteiger partial charge in [0.05, 0.1) is 5.69 Å². The number of hydrogen-bond acceptors (Lipinski definition) is 1. The fourth-order valence-electron chi connectivity index (χ4n) is 2.69. The number of anilines is 1. The van der Waals surface area contributed by atoms with E-state index in [4.69, 9.17) is 11.6 Å². The third kappa shape index (κ3) is 1.61. The zero-order valence-electron chi connectivity index (χ0n) is 8.79. The molecule has 3 unspecified atom stereocenters. The molecule has 0 bridgehead atoms. The monoisotopic (exact) mass is 237 g/mol. The minimum absolute atomic E-state index is 0.266. The molecule has 0 saturated heterocycles. The number of nitrogens with one attached hydrogen (secondary N) is 1. The molecule has 1 aromatic rings. The molecule has 1 nitrogen and oxygen atoms in total. The van der Waals surface area contributed by atoms with E-state index in [2.05, 4.69) is 17.5 Å². The highest BCUT2D eigenvalue weighted by atomic mass is 35.5. The fourth-order valence-corrected chi connectivity index (χ4v) is 2.85. The Kier molecular flexibility index (Phi) is 2.40. The molecule has 1 N–H and O–H groups in total. The van der Waals surface area contributed by atoms with Crippen molar-refractivity contribution in [3.05, 3.63) is 41.2 Å². The Bertz CT molecular complexity index is 444.